The predicted octanol–water partition coefficient (Wildman–Crippen LogP) is 0.953. The molecule has 0 bridgehead atoms. The number of aliphatic hydroxyl groups excluding tert-OH is 1. The quantitative estimate of drug-likeness (QED) is 0.697. The van der Waals surface area contributed by atoms with Gasteiger partial charge in [0.05, 0.1) is 6.10 Å². The molecule has 1 heterocycles. The van der Waals surface area contributed by atoms with E-state index < -0.39 is 6.10 Å². The number of nitrogens with zero attached hydrogens (tertiary/aromatic N) is 1. The number of urea groups is 1. The van der Waals surface area contributed by atoms with Gasteiger partial charge in [0.15, 0.2) is 0 Å². The van der Waals surface area contributed by atoms with E-state index in [-0.39, 0.29) is 6.03 Å². The molecule has 1 aliphatic heterocycles. The minimum Gasteiger partial charge on any atom is -0.392 e. The molecule has 0 aromatic heterocycles. The van der Waals surface area contributed by atoms with Crippen LogP contribution in [0.3, 0.4) is 0 Å². The monoisotopic (exact) mass is 200 g/mol. The summed E-state index contributed by atoms with van der Waals surface area (Å²) in [5.41, 5.74) is 0. The van der Waals surface area contributed by atoms with Crippen molar-refractivity contribution in [2.75, 3.05) is 19.6 Å². The molecule has 14 heavy (non-hydrogen) atoms. The van der Waals surface area contributed by atoms with Crippen LogP contribution >= 0.6 is 0 Å². The number of amides is 2. The van der Waals surface area contributed by atoms with Gasteiger partial charge in [-0.15, -0.1) is 0 Å². The Hall–Kier alpha value is -0.770. The highest BCUT2D eigenvalue weighted by Gasteiger charge is 2.14. The molecule has 4 heteroatoms. The maximum atomic E-state index is 11.6. The molecule has 0 aromatic carbocycles. The van der Waals surface area contributed by atoms with Crippen LogP contribution in [0.15, 0.2) is 0 Å². The number of rotatable bonds is 2. The zero-order valence-electron chi connectivity index (χ0n) is 8.83. The number of nitrogens with one attached hydrogen (secondary N) is 1. The largest absolute Gasteiger partial charge is 0.392 e. The van der Waals surface area contributed by atoms with Crippen molar-refractivity contribution in [3.05, 3.63) is 0 Å². The molecule has 1 aliphatic rings. The first-order valence-electron chi connectivity index (χ1n) is 5.41. The van der Waals surface area contributed by atoms with E-state index in [9.17, 15) is 4.79 Å². The van der Waals surface area contributed by atoms with Crippen LogP contribution in [0.5, 0.6) is 0 Å². The van der Waals surface area contributed by atoms with E-state index >= 15 is 0 Å². The minimum atomic E-state index is -0.467. The van der Waals surface area contributed by atoms with Crippen LogP contribution in [0, 0.1) is 0 Å². The molecule has 0 aromatic rings. The van der Waals surface area contributed by atoms with Gasteiger partial charge in [0.1, 0.15) is 0 Å². The van der Waals surface area contributed by atoms with Crippen molar-refractivity contribution in [1.82, 2.24) is 10.2 Å². The minimum absolute atomic E-state index is 0.0344. The summed E-state index contributed by atoms with van der Waals surface area (Å²) in [6.45, 7) is 3.72. The summed E-state index contributed by atoms with van der Waals surface area (Å²) in [6.07, 6.45) is 4.18. The molecule has 1 saturated heterocycles. The highest BCUT2D eigenvalue weighted by molar-refractivity contribution is 5.74. The van der Waals surface area contributed by atoms with Crippen molar-refractivity contribution < 1.29 is 9.90 Å². The summed E-state index contributed by atoms with van der Waals surface area (Å²) in [6, 6.07) is -0.0344. The fourth-order valence-electron chi connectivity index (χ4n) is 1.62. The second kappa shape index (κ2) is 5.86. The van der Waals surface area contributed by atoms with Gasteiger partial charge in [-0.1, -0.05) is 12.8 Å². The van der Waals surface area contributed by atoms with Gasteiger partial charge in [-0.2, -0.15) is 0 Å². The van der Waals surface area contributed by atoms with E-state index in [1.54, 1.807) is 6.92 Å². The summed E-state index contributed by atoms with van der Waals surface area (Å²) >= 11 is 0. The first-order chi connectivity index (χ1) is 6.70. The molecule has 4 nitrogen and oxygen atoms in total. The van der Waals surface area contributed by atoms with E-state index in [2.05, 4.69) is 5.32 Å². The number of hydrogen-bond acceptors (Lipinski definition) is 2. The van der Waals surface area contributed by atoms with Gasteiger partial charge >= 0.3 is 6.03 Å². The Kier molecular flexibility index (Phi) is 4.73. The van der Waals surface area contributed by atoms with Crippen LogP contribution in [-0.2, 0) is 0 Å². The normalized spacial score (nSPS) is 20.0. The Balaban J connectivity index is 2.27. The summed E-state index contributed by atoms with van der Waals surface area (Å²) in [5, 5.41) is 11.7. The Morgan fingerprint density at radius 1 is 1.36 bits per heavy atom. The Labute approximate surface area is 85.3 Å². The van der Waals surface area contributed by atoms with E-state index in [1.165, 1.54) is 12.8 Å². The molecule has 0 unspecified atom stereocenters. The number of carbonyl (C=O) groups is 1. The molecule has 1 rings (SSSR count). The van der Waals surface area contributed by atoms with Gasteiger partial charge in [0, 0.05) is 19.6 Å². The lowest BCUT2D eigenvalue weighted by molar-refractivity contribution is 0.172. The SMILES string of the molecule is C[C@@H](O)CNC(=O)N1CCCCCC1. The molecular formula is C10H20N2O2. The molecule has 1 fully saturated rings. The van der Waals surface area contributed by atoms with Gasteiger partial charge in [0.25, 0.3) is 0 Å². The van der Waals surface area contributed by atoms with E-state index in [0.29, 0.717) is 6.54 Å². The predicted molar refractivity (Wildman–Crippen MR) is 55.1 cm³/mol. The van der Waals surface area contributed by atoms with Gasteiger partial charge in [-0.25, -0.2) is 4.79 Å². The van der Waals surface area contributed by atoms with Crippen molar-refractivity contribution in [1.29, 1.82) is 0 Å². The first kappa shape index (κ1) is 11.3. The third kappa shape index (κ3) is 3.96. The highest BCUT2D eigenvalue weighted by atomic mass is 16.3. The van der Waals surface area contributed by atoms with Crippen molar-refractivity contribution in [3.8, 4) is 0 Å². The lowest BCUT2D eigenvalue weighted by atomic mass is 10.2. The van der Waals surface area contributed by atoms with Crippen LogP contribution < -0.4 is 5.32 Å². The van der Waals surface area contributed by atoms with Crippen LogP contribution in [0.2, 0.25) is 0 Å². The molecule has 1 atom stereocenters. The van der Waals surface area contributed by atoms with Crippen molar-refractivity contribution in [2.24, 2.45) is 0 Å². The second-order valence-corrected chi connectivity index (χ2v) is 3.94. The molecule has 2 amide bonds. The third-order valence-corrected chi connectivity index (χ3v) is 2.44. The second-order valence-electron chi connectivity index (χ2n) is 3.94. The fraction of sp³-hybridized carbons (Fsp3) is 0.900. The molecule has 0 saturated carbocycles. The van der Waals surface area contributed by atoms with Gasteiger partial charge in [-0.05, 0) is 19.8 Å². The molecule has 0 radical (unpaired) electrons. The van der Waals surface area contributed by atoms with E-state index in [4.69, 9.17) is 5.11 Å². The number of aliphatic hydroxyl groups is 1. The van der Waals surface area contributed by atoms with Crippen LogP contribution in [0.25, 0.3) is 0 Å². The molecule has 82 valence electrons. The summed E-state index contributed by atoms with van der Waals surface area (Å²) in [5.74, 6) is 0. The maximum Gasteiger partial charge on any atom is 0.317 e. The average Bonchev–Trinajstić information content (AvgIpc) is 2.42. The zero-order chi connectivity index (χ0) is 10.4. The first-order valence-corrected chi connectivity index (χ1v) is 5.41. The third-order valence-electron chi connectivity index (χ3n) is 2.44. The number of carbonyl (C=O) groups excluding carboxylic acids is 1. The summed E-state index contributed by atoms with van der Waals surface area (Å²) in [7, 11) is 0. The van der Waals surface area contributed by atoms with Crippen LogP contribution in [0.4, 0.5) is 4.79 Å². The highest BCUT2D eigenvalue weighted by Crippen LogP contribution is 2.09. The van der Waals surface area contributed by atoms with E-state index in [0.717, 1.165) is 25.9 Å². The lowest BCUT2D eigenvalue weighted by Crippen LogP contribution is -2.42. The zero-order valence-corrected chi connectivity index (χ0v) is 8.83. The molecular weight excluding hydrogens is 180 g/mol. The fourth-order valence-corrected chi connectivity index (χ4v) is 1.62. The van der Waals surface area contributed by atoms with E-state index in [1.807, 2.05) is 4.90 Å². The summed E-state index contributed by atoms with van der Waals surface area (Å²) < 4.78 is 0. The Morgan fingerprint density at radius 3 is 2.43 bits per heavy atom. The standard InChI is InChI=1S/C10H20N2O2/c1-9(13)8-11-10(14)12-6-4-2-3-5-7-12/h9,13H,2-8H2,1H3,(H,11,14)/t9-/m1/s1. The van der Waals surface area contributed by atoms with Crippen LogP contribution in [-0.4, -0.2) is 41.8 Å². The van der Waals surface area contributed by atoms with Gasteiger partial charge < -0.3 is 15.3 Å². The molecule has 0 aliphatic carbocycles. The lowest BCUT2D eigenvalue weighted by Gasteiger charge is -2.21. The smallest absolute Gasteiger partial charge is 0.317 e. The van der Waals surface area contributed by atoms with Crippen LogP contribution in [0.1, 0.15) is 32.6 Å². The number of hydrogen-bond donors (Lipinski definition) is 2. The molecule has 0 spiro atoms. The Morgan fingerprint density at radius 2 is 1.93 bits per heavy atom. The Bertz CT molecular complexity index is 175. The maximum absolute atomic E-state index is 11.6. The van der Waals surface area contributed by atoms with Crippen molar-refractivity contribution in [3.63, 3.8) is 0 Å². The topological polar surface area (TPSA) is 52.6 Å². The van der Waals surface area contributed by atoms with Crippen molar-refractivity contribution in [2.45, 2.75) is 38.7 Å². The van der Waals surface area contributed by atoms with Gasteiger partial charge in [0.2, 0.25) is 0 Å². The summed E-state index contributed by atoms with van der Waals surface area (Å²) in [4.78, 5) is 13.4. The number of likely N-dealkylation sites (tertiary alicyclic amines) is 1. The van der Waals surface area contributed by atoms with Gasteiger partial charge in [-0.3, -0.25) is 0 Å². The van der Waals surface area contributed by atoms with Crippen molar-refractivity contribution >= 4 is 6.03 Å². The average molecular weight is 200 g/mol. The molecule has 2 N–H and O–H groups in total.